The summed E-state index contributed by atoms with van der Waals surface area (Å²) in [4.78, 5) is 4.80. The van der Waals surface area contributed by atoms with E-state index in [4.69, 9.17) is 22.3 Å². The maximum atomic E-state index is 6.30. The average Bonchev–Trinajstić information content (AvgIpc) is 3.23. The Kier molecular flexibility index (Phi) is 2.73. The zero-order chi connectivity index (χ0) is 14.6. The molecule has 0 amide bonds. The molecule has 0 unspecified atom stereocenters. The molecule has 1 fully saturated rings. The normalized spacial score (nSPS) is 14.8. The zero-order valence-electron chi connectivity index (χ0n) is 11.8. The molecule has 4 heteroatoms. The molecule has 0 radical (unpaired) electrons. The van der Waals surface area contributed by atoms with Crippen LogP contribution in [0.15, 0.2) is 36.4 Å². The Bertz CT molecular complexity index is 847. The topological polar surface area (TPSA) is 43.8 Å². The molecule has 1 aromatic heterocycles. The lowest BCUT2D eigenvalue weighted by molar-refractivity contribution is 0.896. The standard InChI is InChI=1S/C17H16ClN3/c1-10-2-6-13(9-14(10)18)21-16-7-5-12(19)8-15(16)20-17(21)11-3-4-11/h2,5-9,11H,3-4,19H2,1H3. The minimum Gasteiger partial charge on any atom is -0.399 e. The predicted octanol–water partition coefficient (Wildman–Crippen LogP) is 4.45. The molecule has 0 bridgehead atoms. The van der Waals surface area contributed by atoms with Gasteiger partial charge in [-0.25, -0.2) is 4.98 Å². The van der Waals surface area contributed by atoms with Crippen molar-refractivity contribution >= 4 is 28.3 Å². The molecule has 4 rings (SSSR count). The Hall–Kier alpha value is -2.00. The van der Waals surface area contributed by atoms with Crippen molar-refractivity contribution in [1.29, 1.82) is 0 Å². The number of anilines is 1. The average molecular weight is 298 g/mol. The number of hydrogen-bond acceptors (Lipinski definition) is 2. The van der Waals surface area contributed by atoms with Crippen LogP contribution in [-0.2, 0) is 0 Å². The van der Waals surface area contributed by atoms with Crippen LogP contribution in [0.1, 0.15) is 30.1 Å². The minimum atomic E-state index is 0.554. The largest absolute Gasteiger partial charge is 0.399 e. The molecule has 3 aromatic rings. The van der Waals surface area contributed by atoms with Gasteiger partial charge in [0, 0.05) is 22.3 Å². The summed E-state index contributed by atoms with van der Waals surface area (Å²) in [6, 6.07) is 12.1. The van der Waals surface area contributed by atoms with E-state index < -0.39 is 0 Å². The number of halogens is 1. The van der Waals surface area contributed by atoms with Crippen LogP contribution in [0.4, 0.5) is 5.69 Å². The first-order valence-corrected chi connectivity index (χ1v) is 7.55. The lowest BCUT2D eigenvalue weighted by Gasteiger charge is -2.10. The summed E-state index contributed by atoms with van der Waals surface area (Å²) in [5.41, 5.74) is 10.8. The molecule has 1 aliphatic rings. The van der Waals surface area contributed by atoms with E-state index in [1.54, 1.807) is 0 Å². The molecular weight excluding hydrogens is 282 g/mol. The van der Waals surface area contributed by atoms with Crippen molar-refractivity contribution in [3.05, 3.63) is 52.8 Å². The summed E-state index contributed by atoms with van der Waals surface area (Å²) in [5, 5.41) is 0.784. The summed E-state index contributed by atoms with van der Waals surface area (Å²) < 4.78 is 2.22. The van der Waals surface area contributed by atoms with Gasteiger partial charge in [-0.3, -0.25) is 4.57 Å². The van der Waals surface area contributed by atoms with Crippen molar-refractivity contribution in [2.24, 2.45) is 0 Å². The van der Waals surface area contributed by atoms with Gasteiger partial charge in [0.05, 0.1) is 11.0 Å². The van der Waals surface area contributed by atoms with Crippen molar-refractivity contribution in [1.82, 2.24) is 9.55 Å². The van der Waals surface area contributed by atoms with E-state index in [2.05, 4.69) is 16.7 Å². The molecule has 1 saturated carbocycles. The van der Waals surface area contributed by atoms with Crippen LogP contribution < -0.4 is 5.73 Å². The summed E-state index contributed by atoms with van der Waals surface area (Å²) in [6.07, 6.45) is 2.41. The highest BCUT2D eigenvalue weighted by atomic mass is 35.5. The van der Waals surface area contributed by atoms with E-state index in [0.717, 1.165) is 38.8 Å². The molecule has 1 aliphatic carbocycles. The van der Waals surface area contributed by atoms with Crippen molar-refractivity contribution in [2.75, 3.05) is 5.73 Å². The Morgan fingerprint density at radius 2 is 2.00 bits per heavy atom. The van der Waals surface area contributed by atoms with E-state index in [1.807, 2.05) is 31.2 Å². The van der Waals surface area contributed by atoms with E-state index in [0.29, 0.717) is 5.92 Å². The maximum Gasteiger partial charge on any atom is 0.117 e. The Labute approximate surface area is 128 Å². The third kappa shape index (κ3) is 2.09. The number of nitrogens with zero attached hydrogens (tertiary/aromatic N) is 2. The summed E-state index contributed by atoms with van der Waals surface area (Å²) >= 11 is 6.30. The second-order valence-electron chi connectivity index (χ2n) is 5.76. The zero-order valence-corrected chi connectivity index (χ0v) is 12.6. The highest BCUT2D eigenvalue weighted by Crippen LogP contribution is 2.42. The van der Waals surface area contributed by atoms with Crippen LogP contribution in [-0.4, -0.2) is 9.55 Å². The van der Waals surface area contributed by atoms with Crippen molar-refractivity contribution in [3.8, 4) is 5.69 Å². The molecule has 2 N–H and O–H groups in total. The number of aromatic nitrogens is 2. The molecule has 3 nitrogen and oxygen atoms in total. The second kappa shape index (κ2) is 4.50. The number of fused-ring (bicyclic) bond motifs is 1. The Morgan fingerprint density at radius 3 is 2.71 bits per heavy atom. The van der Waals surface area contributed by atoms with Gasteiger partial charge in [0.2, 0.25) is 0 Å². The second-order valence-corrected chi connectivity index (χ2v) is 6.17. The van der Waals surface area contributed by atoms with Crippen molar-refractivity contribution in [3.63, 3.8) is 0 Å². The molecule has 1 heterocycles. The SMILES string of the molecule is Cc1ccc(-n2c(C3CC3)nc3cc(N)ccc32)cc1Cl. The lowest BCUT2D eigenvalue weighted by atomic mass is 10.2. The van der Waals surface area contributed by atoms with Gasteiger partial charge in [0.1, 0.15) is 5.82 Å². The molecule has 106 valence electrons. The molecule has 0 aliphatic heterocycles. The van der Waals surface area contributed by atoms with Crippen LogP contribution >= 0.6 is 11.6 Å². The lowest BCUT2D eigenvalue weighted by Crippen LogP contribution is -2.00. The number of nitrogens with two attached hydrogens (primary N) is 1. The van der Waals surface area contributed by atoms with Crippen LogP contribution in [0.5, 0.6) is 0 Å². The van der Waals surface area contributed by atoms with E-state index >= 15 is 0 Å². The fourth-order valence-electron chi connectivity index (χ4n) is 2.72. The van der Waals surface area contributed by atoms with E-state index in [1.165, 1.54) is 12.8 Å². The maximum absolute atomic E-state index is 6.30. The fourth-order valence-corrected chi connectivity index (χ4v) is 2.90. The molecule has 2 aromatic carbocycles. The predicted molar refractivity (Wildman–Crippen MR) is 87.2 cm³/mol. The molecule has 21 heavy (non-hydrogen) atoms. The first-order chi connectivity index (χ1) is 10.1. The first-order valence-electron chi connectivity index (χ1n) is 7.18. The van der Waals surface area contributed by atoms with Crippen molar-refractivity contribution < 1.29 is 0 Å². The van der Waals surface area contributed by atoms with Crippen LogP contribution in [0.3, 0.4) is 0 Å². The minimum absolute atomic E-state index is 0.554. The monoisotopic (exact) mass is 297 g/mol. The number of benzene rings is 2. The van der Waals surface area contributed by atoms with Gasteiger partial charge in [-0.15, -0.1) is 0 Å². The Balaban J connectivity index is 2.01. The van der Waals surface area contributed by atoms with Gasteiger partial charge >= 0.3 is 0 Å². The van der Waals surface area contributed by atoms with Gasteiger partial charge in [-0.05, 0) is 55.7 Å². The van der Waals surface area contributed by atoms with Gasteiger partial charge in [0.15, 0.2) is 0 Å². The number of nitrogen functional groups attached to an aromatic ring is 1. The van der Waals surface area contributed by atoms with Crippen LogP contribution in [0.2, 0.25) is 5.02 Å². The number of hydrogen-bond donors (Lipinski definition) is 1. The van der Waals surface area contributed by atoms with Gasteiger partial charge in [-0.2, -0.15) is 0 Å². The smallest absolute Gasteiger partial charge is 0.117 e. The van der Waals surface area contributed by atoms with E-state index in [9.17, 15) is 0 Å². The number of aryl methyl sites for hydroxylation is 1. The molecule has 0 spiro atoms. The Morgan fingerprint density at radius 1 is 1.19 bits per heavy atom. The summed E-state index contributed by atoms with van der Waals surface area (Å²) in [6.45, 7) is 2.01. The van der Waals surface area contributed by atoms with Crippen molar-refractivity contribution in [2.45, 2.75) is 25.7 Å². The van der Waals surface area contributed by atoms with Gasteiger partial charge < -0.3 is 5.73 Å². The third-order valence-electron chi connectivity index (χ3n) is 4.06. The molecule has 0 saturated heterocycles. The highest BCUT2D eigenvalue weighted by Gasteiger charge is 2.30. The first kappa shape index (κ1) is 12.7. The number of rotatable bonds is 2. The number of imidazole rings is 1. The summed E-state index contributed by atoms with van der Waals surface area (Å²) in [7, 11) is 0. The highest BCUT2D eigenvalue weighted by molar-refractivity contribution is 6.31. The van der Waals surface area contributed by atoms with Crippen LogP contribution in [0, 0.1) is 6.92 Å². The quantitative estimate of drug-likeness (QED) is 0.710. The van der Waals surface area contributed by atoms with Gasteiger partial charge in [0.25, 0.3) is 0 Å². The molecular formula is C17H16ClN3. The summed E-state index contributed by atoms with van der Waals surface area (Å²) in [5.74, 6) is 1.68. The van der Waals surface area contributed by atoms with Gasteiger partial charge in [-0.1, -0.05) is 17.7 Å². The van der Waals surface area contributed by atoms with Crippen LogP contribution in [0.25, 0.3) is 16.7 Å². The third-order valence-corrected chi connectivity index (χ3v) is 4.47. The fraction of sp³-hybridized carbons (Fsp3) is 0.235. The van der Waals surface area contributed by atoms with E-state index in [-0.39, 0.29) is 0 Å². The molecule has 0 atom stereocenters.